The van der Waals surface area contributed by atoms with E-state index in [0.717, 1.165) is 17.7 Å². The molecule has 1 unspecified atom stereocenters. The van der Waals surface area contributed by atoms with Crippen molar-refractivity contribution in [2.45, 2.75) is 25.7 Å². The maximum atomic E-state index is 12.3. The van der Waals surface area contributed by atoms with Crippen LogP contribution in [0.5, 0.6) is 5.75 Å². The molecular formula is C16H23NO3. The number of ether oxygens (including phenoxy) is 2. The fraction of sp³-hybridized carbons (Fsp3) is 0.562. The minimum Gasteiger partial charge on any atom is -0.497 e. The van der Waals surface area contributed by atoms with Gasteiger partial charge in [0.2, 0.25) is 0 Å². The van der Waals surface area contributed by atoms with Crippen LogP contribution in [-0.2, 0) is 16.0 Å². The molecule has 0 aliphatic heterocycles. The predicted octanol–water partition coefficient (Wildman–Crippen LogP) is 2.16. The summed E-state index contributed by atoms with van der Waals surface area (Å²) in [5.74, 6) is 1.21. The lowest BCUT2D eigenvalue weighted by atomic mass is 9.77. The summed E-state index contributed by atoms with van der Waals surface area (Å²) in [5, 5.41) is 0. The van der Waals surface area contributed by atoms with Gasteiger partial charge >= 0.3 is 5.97 Å². The molecule has 4 heteroatoms. The first-order valence-electron chi connectivity index (χ1n) is 7.05. The number of benzene rings is 1. The maximum absolute atomic E-state index is 12.3. The quantitative estimate of drug-likeness (QED) is 0.776. The van der Waals surface area contributed by atoms with Gasteiger partial charge in [0.25, 0.3) is 0 Å². The molecule has 1 aromatic rings. The van der Waals surface area contributed by atoms with E-state index in [2.05, 4.69) is 0 Å². The number of carbonyl (C=O) groups is 1. The van der Waals surface area contributed by atoms with Crippen LogP contribution in [0, 0.1) is 11.3 Å². The van der Waals surface area contributed by atoms with Gasteiger partial charge in [-0.3, -0.25) is 4.79 Å². The Bertz CT molecular complexity index is 471. The minimum atomic E-state index is -0.609. The first kappa shape index (κ1) is 14.9. The van der Waals surface area contributed by atoms with Crippen molar-refractivity contribution in [3.63, 3.8) is 0 Å². The number of esters is 1. The Hall–Kier alpha value is -1.55. The van der Waals surface area contributed by atoms with E-state index < -0.39 is 5.41 Å². The van der Waals surface area contributed by atoms with Crippen LogP contribution in [0.1, 0.15) is 24.8 Å². The summed E-state index contributed by atoms with van der Waals surface area (Å²) in [5.41, 5.74) is 6.39. The zero-order valence-electron chi connectivity index (χ0n) is 12.2. The van der Waals surface area contributed by atoms with E-state index in [1.54, 1.807) is 7.11 Å². The molecule has 0 heterocycles. The van der Waals surface area contributed by atoms with Gasteiger partial charge < -0.3 is 15.2 Å². The van der Waals surface area contributed by atoms with Crippen LogP contribution in [0.25, 0.3) is 0 Å². The predicted molar refractivity (Wildman–Crippen MR) is 77.5 cm³/mol. The molecule has 0 saturated heterocycles. The van der Waals surface area contributed by atoms with Gasteiger partial charge in [-0.1, -0.05) is 25.0 Å². The van der Waals surface area contributed by atoms with Crippen LogP contribution in [0.4, 0.5) is 0 Å². The first-order valence-corrected chi connectivity index (χ1v) is 7.05. The minimum absolute atomic E-state index is 0.199. The van der Waals surface area contributed by atoms with Gasteiger partial charge in [-0.15, -0.1) is 0 Å². The standard InChI is InChI=1S/C16H23NO3/c1-19-14-5-3-4-13(8-14)10-16(11-17,15(18)20-2)9-12-6-7-12/h3-5,8,12H,6-7,9-11,17H2,1-2H3. The van der Waals surface area contributed by atoms with Crippen molar-refractivity contribution >= 4 is 5.97 Å². The van der Waals surface area contributed by atoms with E-state index in [1.807, 2.05) is 24.3 Å². The van der Waals surface area contributed by atoms with Crippen LogP contribution in [0.15, 0.2) is 24.3 Å². The fourth-order valence-electron chi connectivity index (χ4n) is 2.73. The molecule has 0 radical (unpaired) electrons. The van der Waals surface area contributed by atoms with Gasteiger partial charge in [0.15, 0.2) is 0 Å². The molecule has 1 saturated carbocycles. The lowest BCUT2D eigenvalue weighted by Crippen LogP contribution is -2.42. The number of carbonyl (C=O) groups excluding carboxylic acids is 1. The molecule has 1 atom stereocenters. The molecule has 2 rings (SSSR count). The van der Waals surface area contributed by atoms with Gasteiger partial charge in [0, 0.05) is 6.54 Å². The van der Waals surface area contributed by atoms with Crippen molar-refractivity contribution in [3.05, 3.63) is 29.8 Å². The normalized spacial score (nSPS) is 17.4. The first-order chi connectivity index (χ1) is 9.63. The van der Waals surface area contributed by atoms with Crippen molar-refractivity contribution in [2.24, 2.45) is 17.1 Å². The highest BCUT2D eigenvalue weighted by Gasteiger charge is 2.43. The van der Waals surface area contributed by atoms with Gasteiger partial charge in [-0.2, -0.15) is 0 Å². The zero-order chi connectivity index (χ0) is 14.6. The summed E-state index contributed by atoms with van der Waals surface area (Å²) in [6, 6.07) is 7.79. The Morgan fingerprint density at radius 1 is 1.40 bits per heavy atom. The SMILES string of the molecule is COC(=O)C(CN)(Cc1cccc(OC)c1)CC1CC1. The van der Waals surface area contributed by atoms with Crippen molar-refractivity contribution in [1.29, 1.82) is 0 Å². The van der Waals surface area contributed by atoms with Crippen LogP contribution in [-0.4, -0.2) is 26.7 Å². The van der Waals surface area contributed by atoms with E-state index in [-0.39, 0.29) is 5.97 Å². The van der Waals surface area contributed by atoms with E-state index in [1.165, 1.54) is 20.0 Å². The molecule has 0 aromatic heterocycles. The third-order valence-corrected chi connectivity index (χ3v) is 4.06. The number of nitrogens with two attached hydrogens (primary N) is 1. The molecule has 0 amide bonds. The number of rotatable bonds is 7. The Morgan fingerprint density at radius 2 is 2.15 bits per heavy atom. The number of methoxy groups -OCH3 is 2. The van der Waals surface area contributed by atoms with Crippen LogP contribution >= 0.6 is 0 Å². The van der Waals surface area contributed by atoms with E-state index >= 15 is 0 Å². The van der Waals surface area contributed by atoms with E-state index in [0.29, 0.717) is 18.9 Å². The molecule has 1 aliphatic rings. The van der Waals surface area contributed by atoms with E-state index in [4.69, 9.17) is 15.2 Å². The molecule has 1 fully saturated rings. The second kappa shape index (κ2) is 6.27. The lowest BCUT2D eigenvalue weighted by Gasteiger charge is -2.30. The Kier molecular flexibility index (Phi) is 4.65. The molecule has 2 N–H and O–H groups in total. The molecule has 4 nitrogen and oxygen atoms in total. The average Bonchev–Trinajstić information content (AvgIpc) is 3.29. The summed E-state index contributed by atoms with van der Waals surface area (Å²) in [7, 11) is 3.07. The molecule has 20 heavy (non-hydrogen) atoms. The van der Waals surface area contributed by atoms with Gasteiger partial charge in [0.1, 0.15) is 5.75 Å². The average molecular weight is 277 g/mol. The Labute approximate surface area is 120 Å². The second-order valence-corrected chi connectivity index (χ2v) is 5.65. The fourth-order valence-corrected chi connectivity index (χ4v) is 2.73. The maximum Gasteiger partial charge on any atom is 0.313 e. The number of hydrogen-bond acceptors (Lipinski definition) is 4. The summed E-state index contributed by atoms with van der Waals surface area (Å²) < 4.78 is 10.2. The zero-order valence-corrected chi connectivity index (χ0v) is 12.2. The molecule has 1 aliphatic carbocycles. The summed E-state index contributed by atoms with van der Waals surface area (Å²) in [6.45, 7) is 0.313. The lowest BCUT2D eigenvalue weighted by molar-refractivity contribution is -0.153. The molecule has 0 spiro atoms. The molecule has 0 bridgehead atoms. The molecule has 110 valence electrons. The Morgan fingerprint density at radius 3 is 2.70 bits per heavy atom. The second-order valence-electron chi connectivity index (χ2n) is 5.65. The van der Waals surface area contributed by atoms with E-state index in [9.17, 15) is 4.79 Å². The van der Waals surface area contributed by atoms with Gasteiger partial charge in [-0.05, 0) is 36.5 Å². The van der Waals surface area contributed by atoms with Gasteiger partial charge in [-0.25, -0.2) is 0 Å². The van der Waals surface area contributed by atoms with Crippen molar-refractivity contribution in [1.82, 2.24) is 0 Å². The monoisotopic (exact) mass is 277 g/mol. The Balaban J connectivity index is 2.22. The summed E-state index contributed by atoms with van der Waals surface area (Å²) >= 11 is 0. The summed E-state index contributed by atoms with van der Waals surface area (Å²) in [4.78, 5) is 12.3. The topological polar surface area (TPSA) is 61.5 Å². The van der Waals surface area contributed by atoms with Gasteiger partial charge in [0.05, 0.1) is 19.6 Å². The van der Waals surface area contributed by atoms with Crippen LogP contribution < -0.4 is 10.5 Å². The molecule has 1 aromatic carbocycles. The van der Waals surface area contributed by atoms with Crippen LogP contribution in [0.2, 0.25) is 0 Å². The van der Waals surface area contributed by atoms with Crippen molar-refractivity contribution in [3.8, 4) is 5.75 Å². The number of hydrogen-bond donors (Lipinski definition) is 1. The highest BCUT2D eigenvalue weighted by atomic mass is 16.5. The van der Waals surface area contributed by atoms with Crippen molar-refractivity contribution < 1.29 is 14.3 Å². The smallest absolute Gasteiger partial charge is 0.313 e. The third-order valence-electron chi connectivity index (χ3n) is 4.06. The highest BCUT2D eigenvalue weighted by molar-refractivity contribution is 5.77. The van der Waals surface area contributed by atoms with Crippen LogP contribution in [0.3, 0.4) is 0 Å². The third kappa shape index (κ3) is 3.31. The molecular weight excluding hydrogens is 254 g/mol. The largest absolute Gasteiger partial charge is 0.497 e. The summed E-state index contributed by atoms with van der Waals surface area (Å²) in [6.07, 6.45) is 3.80. The highest BCUT2D eigenvalue weighted by Crippen LogP contribution is 2.42. The van der Waals surface area contributed by atoms with Crippen molar-refractivity contribution in [2.75, 3.05) is 20.8 Å².